The normalized spacial score (nSPS) is 18.3. The van der Waals surface area contributed by atoms with Crippen molar-refractivity contribution in [3.05, 3.63) is 57.6 Å². The lowest BCUT2D eigenvalue weighted by molar-refractivity contribution is -0.122. The van der Waals surface area contributed by atoms with E-state index in [1.165, 1.54) is 0 Å². The molecule has 3 rings (SSSR count). The van der Waals surface area contributed by atoms with Crippen LogP contribution in [0, 0.1) is 39.5 Å². The van der Waals surface area contributed by atoms with Gasteiger partial charge in [0.2, 0.25) is 11.8 Å². The lowest BCUT2D eigenvalue weighted by Gasteiger charge is -2.12. The second-order valence-electron chi connectivity index (χ2n) is 7.24. The second-order valence-corrected chi connectivity index (χ2v) is 7.65. The van der Waals surface area contributed by atoms with E-state index in [0.29, 0.717) is 17.1 Å². The van der Waals surface area contributed by atoms with Crippen molar-refractivity contribution in [3.8, 4) is 0 Å². The van der Waals surface area contributed by atoms with Gasteiger partial charge in [0.1, 0.15) is 0 Å². The molecule has 1 aliphatic carbocycles. The van der Waals surface area contributed by atoms with Crippen molar-refractivity contribution in [2.45, 2.75) is 34.1 Å². The summed E-state index contributed by atoms with van der Waals surface area (Å²) in [5.74, 6) is -0.862. The lowest BCUT2D eigenvalue weighted by atomic mass is 10.1. The number of anilines is 2. The van der Waals surface area contributed by atoms with E-state index < -0.39 is 0 Å². The van der Waals surface area contributed by atoms with Gasteiger partial charge in [0.05, 0.1) is 22.5 Å². The average molecular weight is 371 g/mol. The Labute approximate surface area is 158 Å². The second kappa shape index (κ2) is 7.12. The molecule has 2 unspecified atom stereocenters. The van der Waals surface area contributed by atoms with Crippen LogP contribution in [0.3, 0.4) is 0 Å². The first-order chi connectivity index (χ1) is 12.2. The molecule has 136 valence electrons. The zero-order chi connectivity index (χ0) is 19.0. The van der Waals surface area contributed by atoms with Gasteiger partial charge in [-0.1, -0.05) is 23.7 Å². The highest BCUT2D eigenvalue weighted by atomic mass is 35.5. The molecule has 26 heavy (non-hydrogen) atoms. The molecule has 2 aromatic carbocycles. The fourth-order valence-electron chi connectivity index (χ4n) is 3.35. The van der Waals surface area contributed by atoms with Crippen LogP contribution in [-0.4, -0.2) is 11.8 Å². The number of carbonyl (C=O) groups is 2. The van der Waals surface area contributed by atoms with Crippen molar-refractivity contribution in [2.24, 2.45) is 11.8 Å². The van der Waals surface area contributed by atoms with Crippen molar-refractivity contribution >= 4 is 34.8 Å². The predicted octanol–water partition coefficient (Wildman–Crippen LogP) is 4.79. The maximum absolute atomic E-state index is 12.5. The molecule has 2 amide bonds. The molecular formula is C21H23ClN2O2. The Morgan fingerprint density at radius 1 is 0.846 bits per heavy atom. The van der Waals surface area contributed by atoms with E-state index in [1.54, 1.807) is 0 Å². The van der Waals surface area contributed by atoms with Crippen LogP contribution in [-0.2, 0) is 9.59 Å². The number of hydrogen-bond donors (Lipinski definition) is 2. The van der Waals surface area contributed by atoms with Gasteiger partial charge < -0.3 is 10.6 Å². The minimum atomic E-state index is -0.308. The Kier molecular flexibility index (Phi) is 5.05. The van der Waals surface area contributed by atoms with E-state index in [1.807, 2.05) is 52.0 Å². The van der Waals surface area contributed by atoms with Gasteiger partial charge in [0.15, 0.2) is 0 Å². The van der Waals surface area contributed by atoms with Crippen LogP contribution >= 0.6 is 11.6 Å². The first-order valence-electron chi connectivity index (χ1n) is 8.71. The minimum absolute atomic E-state index is 0.109. The largest absolute Gasteiger partial charge is 0.326 e. The number of halogens is 1. The molecule has 0 aromatic heterocycles. The molecule has 2 N–H and O–H groups in total. The standard InChI is InChI=1S/C21H23ClN2O2/c1-11-5-12(2)8-15(7-11)23-20(25)16-10-17(16)21(26)24-19-14(4)6-13(3)9-18(19)22/h5-9,16-17H,10H2,1-4H3,(H,23,25)(H,24,26). The van der Waals surface area contributed by atoms with E-state index in [4.69, 9.17) is 11.6 Å². The molecular weight excluding hydrogens is 348 g/mol. The SMILES string of the molecule is Cc1cc(C)cc(NC(=O)C2CC2C(=O)Nc2c(C)cc(C)cc2Cl)c1. The predicted molar refractivity (Wildman–Crippen MR) is 106 cm³/mol. The van der Waals surface area contributed by atoms with Gasteiger partial charge in [-0.25, -0.2) is 0 Å². The van der Waals surface area contributed by atoms with Gasteiger partial charge in [-0.2, -0.15) is 0 Å². The minimum Gasteiger partial charge on any atom is -0.326 e. The monoisotopic (exact) mass is 370 g/mol. The van der Waals surface area contributed by atoms with Crippen LogP contribution < -0.4 is 10.6 Å². The number of hydrogen-bond acceptors (Lipinski definition) is 2. The van der Waals surface area contributed by atoms with E-state index in [0.717, 1.165) is 27.9 Å². The zero-order valence-electron chi connectivity index (χ0n) is 15.4. The average Bonchev–Trinajstić information content (AvgIpc) is 3.30. The summed E-state index contributed by atoms with van der Waals surface area (Å²) in [4.78, 5) is 24.9. The first kappa shape index (κ1) is 18.5. The Balaban J connectivity index is 1.63. The third kappa shape index (κ3) is 4.07. The van der Waals surface area contributed by atoms with Gasteiger partial charge in [-0.3, -0.25) is 9.59 Å². The maximum atomic E-state index is 12.5. The fourth-order valence-corrected chi connectivity index (χ4v) is 3.71. The molecule has 0 saturated heterocycles. The zero-order valence-corrected chi connectivity index (χ0v) is 16.2. The summed E-state index contributed by atoms with van der Waals surface area (Å²) in [6.07, 6.45) is 0.561. The molecule has 1 fully saturated rings. The molecule has 2 aromatic rings. The fraction of sp³-hybridized carbons (Fsp3) is 0.333. The highest BCUT2D eigenvalue weighted by molar-refractivity contribution is 6.34. The molecule has 0 bridgehead atoms. The summed E-state index contributed by atoms with van der Waals surface area (Å²) in [5.41, 5.74) is 5.55. The van der Waals surface area contributed by atoms with E-state index in [9.17, 15) is 9.59 Å². The van der Waals surface area contributed by atoms with Crippen molar-refractivity contribution in [1.29, 1.82) is 0 Å². The molecule has 1 saturated carbocycles. The Morgan fingerprint density at radius 3 is 1.96 bits per heavy atom. The molecule has 2 atom stereocenters. The van der Waals surface area contributed by atoms with E-state index >= 15 is 0 Å². The number of nitrogens with one attached hydrogen (secondary N) is 2. The molecule has 5 heteroatoms. The number of amides is 2. The first-order valence-corrected chi connectivity index (χ1v) is 9.09. The van der Waals surface area contributed by atoms with Crippen molar-refractivity contribution in [1.82, 2.24) is 0 Å². The van der Waals surface area contributed by atoms with E-state index in [-0.39, 0.29) is 23.7 Å². The van der Waals surface area contributed by atoms with Crippen LogP contribution in [0.4, 0.5) is 11.4 Å². The third-order valence-corrected chi connectivity index (χ3v) is 4.93. The highest BCUT2D eigenvalue weighted by Crippen LogP contribution is 2.41. The maximum Gasteiger partial charge on any atom is 0.228 e. The highest BCUT2D eigenvalue weighted by Gasteiger charge is 2.48. The van der Waals surface area contributed by atoms with Gasteiger partial charge in [-0.15, -0.1) is 0 Å². The van der Waals surface area contributed by atoms with Crippen molar-refractivity contribution in [2.75, 3.05) is 10.6 Å². The molecule has 0 aliphatic heterocycles. The topological polar surface area (TPSA) is 58.2 Å². The van der Waals surface area contributed by atoms with Gasteiger partial charge >= 0.3 is 0 Å². The molecule has 0 radical (unpaired) electrons. The van der Waals surface area contributed by atoms with Crippen LogP contribution in [0.15, 0.2) is 30.3 Å². The summed E-state index contributed by atoms with van der Waals surface area (Å²) >= 11 is 6.25. The quantitative estimate of drug-likeness (QED) is 0.813. The van der Waals surface area contributed by atoms with Gasteiger partial charge in [0, 0.05) is 5.69 Å². The summed E-state index contributed by atoms with van der Waals surface area (Å²) in [6, 6.07) is 9.70. The third-order valence-electron chi connectivity index (χ3n) is 4.63. The Bertz CT molecular complexity index is 848. The van der Waals surface area contributed by atoms with Gasteiger partial charge in [0.25, 0.3) is 0 Å². The molecule has 1 aliphatic rings. The number of aryl methyl sites for hydroxylation is 4. The van der Waals surface area contributed by atoms with Crippen molar-refractivity contribution in [3.63, 3.8) is 0 Å². The molecule has 0 spiro atoms. The number of rotatable bonds is 4. The van der Waals surface area contributed by atoms with E-state index in [2.05, 4.69) is 16.7 Å². The van der Waals surface area contributed by atoms with Crippen LogP contribution in [0.5, 0.6) is 0 Å². The van der Waals surface area contributed by atoms with Crippen molar-refractivity contribution < 1.29 is 9.59 Å². The Hall–Kier alpha value is -2.33. The lowest BCUT2D eigenvalue weighted by Crippen LogP contribution is -2.21. The molecule has 0 heterocycles. The summed E-state index contributed by atoms with van der Waals surface area (Å²) in [5, 5.41) is 6.32. The van der Waals surface area contributed by atoms with Gasteiger partial charge in [-0.05, 0) is 74.6 Å². The smallest absolute Gasteiger partial charge is 0.228 e. The summed E-state index contributed by atoms with van der Waals surface area (Å²) < 4.78 is 0. The molecule has 4 nitrogen and oxygen atoms in total. The Morgan fingerprint density at radius 2 is 1.38 bits per heavy atom. The number of benzene rings is 2. The van der Waals surface area contributed by atoms with Crippen LogP contribution in [0.25, 0.3) is 0 Å². The summed E-state index contributed by atoms with van der Waals surface area (Å²) in [6.45, 7) is 7.85. The number of carbonyl (C=O) groups excluding carboxylic acids is 2. The summed E-state index contributed by atoms with van der Waals surface area (Å²) in [7, 11) is 0. The van der Waals surface area contributed by atoms with Crippen LogP contribution in [0.2, 0.25) is 5.02 Å². The van der Waals surface area contributed by atoms with Crippen LogP contribution in [0.1, 0.15) is 28.7 Å².